The Kier molecular flexibility index (Phi) is 6.26. The average Bonchev–Trinajstić information content (AvgIpc) is 2.96. The minimum absolute atomic E-state index is 0.0344. The molecule has 2 rings (SSSR count). The third-order valence-electron chi connectivity index (χ3n) is 3.99. The molecule has 2 N–H and O–H groups in total. The molecule has 2 aromatic rings. The zero-order chi connectivity index (χ0) is 17.6. The van der Waals surface area contributed by atoms with E-state index >= 15 is 0 Å². The van der Waals surface area contributed by atoms with Crippen molar-refractivity contribution < 1.29 is 0 Å². The first kappa shape index (κ1) is 18.3. The molecule has 0 aliphatic heterocycles. The van der Waals surface area contributed by atoms with E-state index in [1.54, 1.807) is 6.20 Å². The minimum Gasteiger partial charge on any atom is -0.357 e. The van der Waals surface area contributed by atoms with Gasteiger partial charge in [-0.25, -0.2) is 4.99 Å². The topological polar surface area (TPSA) is 54.2 Å². The first-order valence-electron chi connectivity index (χ1n) is 8.17. The number of aliphatic imine (C=N–C) groups is 1. The molecule has 24 heavy (non-hydrogen) atoms. The highest BCUT2D eigenvalue weighted by Gasteiger charge is 2.20. The number of nitrogens with one attached hydrogen (secondary N) is 2. The summed E-state index contributed by atoms with van der Waals surface area (Å²) < 4.78 is 1.84. The van der Waals surface area contributed by atoms with Crippen molar-refractivity contribution in [2.75, 3.05) is 13.1 Å². The second-order valence-corrected chi connectivity index (χ2v) is 6.82. The molecule has 1 aromatic heterocycles. The van der Waals surface area contributed by atoms with E-state index in [-0.39, 0.29) is 5.41 Å². The van der Waals surface area contributed by atoms with Crippen LogP contribution in [0.4, 0.5) is 0 Å². The van der Waals surface area contributed by atoms with Crippen LogP contribution in [0.5, 0.6) is 0 Å². The molecular formula is C18H26ClN5. The van der Waals surface area contributed by atoms with E-state index in [4.69, 9.17) is 11.6 Å². The summed E-state index contributed by atoms with van der Waals surface area (Å²) in [5.74, 6) is 0.806. The summed E-state index contributed by atoms with van der Waals surface area (Å²) in [5, 5.41) is 11.6. The van der Waals surface area contributed by atoms with Gasteiger partial charge in [-0.2, -0.15) is 5.10 Å². The van der Waals surface area contributed by atoms with Crippen LogP contribution < -0.4 is 10.6 Å². The average molecular weight is 348 g/mol. The summed E-state index contributed by atoms with van der Waals surface area (Å²) in [5.41, 5.74) is 2.28. The largest absolute Gasteiger partial charge is 0.357 e. The second-order valence-electron chi connectivity index (χ2n) is 6.39. The number of guanidine groups is 1. The Bertz CT molecular complexity index is 673. The lowest BCUT2D eigenvalue weighted by atomic mass is 9.85. The Morgan fingerprint density at radius 1 is 1.21 bits per heavy atom. The number of benzene rings is 1. The van der Waals surface area contributed by atoms with E-state index in [1.807, 2.05) is 29.9 Å². The van der Waals surface area contributed by atoms with Crippen LogP contribution in [-0.2, 0) is 19.0 Å². The zero-order valence-corrected chi connectivity index (χ0v) is 15.6. The third-order valence-corrected chi connectivity index (χ3v) is 4.24. The molecule has 0 atom stereocenters. The number of halogens is 1. The summed E-state index contributed by atoms with van der Waals surface area (Å²) in [4.78, 5) is 4.64. The van der Waals surface area contributed by atoms with Gasteiger partial charge >= 0.3 is 0 Å². The van der Waals surface area contributed by atoms with Crippen LogP contribution in [0.3, 0.4) is 0 Å². The van der Waals surface area contributed by atoms with Crippen molar-refractivity contribution >= 4 is 17.6 Å². The van der Waals surface area contributed by atoms with Crippen molar-refractivity contribution in [1.82, 2.24) is 20.4 Å². The van der Waals surface area contributed by atoms with Gasteiger partial charge in [0.15, 0.2) is 5.96 Å². The van der Waals surface area contributed by atoms with Crippen LogP contribution in [0.1, 0.15) is 32.0 Å². The van der Waals surface area contributed by atoms with E-state index in [0.29, 0.717) is 6.54 Å². The van der Waals surface area contributed by atoms with Crippen molar-refractivity contribution in [2.45, 2.75) is 32.7 Å². The van der Waals surface area contributed by atoms with Crippen molar-refractivity contribution in [3.63, 3.8) is 0 Å². The van der Waals surface area contributed by atoms with Gasteiger partial charge in [0.25, 0.3) is 0 Å². The highest BCUT2D eigenvalue weighted by molar-refractivity contribution is 6.30. The lowest BCUT2D eigenvalue weighted by molar-refractivity contribution is 0.508. The van der Waals surface area contributed by atoms with Crippen LogP contribution in [0.25, 0.3) is 0 Å². The van der Waals surface area contributed by atoms with E-state index in [1.165, 1.54) is 5.56 Å². The van der Waals surface area contributed by atoms with Gasteiger partial charge in [0.1, 0.15) is 0 Å². The third kappa shape index (κ3) is 4.99. The lowest BCUT2D eigenvalue weighted by Crippen LogP contribution is -2.43. The molecule has 0 spiro atoms. The fourth-order valence-electron chi connectivity index (χ4n) is 2.37. The Hall–Kier alpha value is -2.01. The highest BCUT2D eigenvalue weighted by atomic mass is 35.5. The minimum atomic E-state index is -0.0344. The lowest BCUT2D eigenvalue weighted by Gasteiger charge is -2.27. The Labute approximate surface area is 149 Å². The molecule has 0 bridgehead atoms. The van der Waals surface area contributed by atoms with Gasteiger partial charge in [-0.05, 0) is 30.7 Å². The summed E-state index contributed by atoms with van der Waals surface area (Å²) in [7, 11) is 1.93. The van der Waals surface area contributed by atoms with Crippen LogP contribution in [-0.4, -0.2) is 28.8 Å². The van der Waals surface area contributed by atoms with Crippen LogP contribution in [0, 0.1) is 0 Å². The summed E-state index contributed by atoms with van der Waals surface area (Å²) in [6.07, 6.45) is 1.79. The smallest absolute Gasteiger partial charge is 0.191 e. The van der Waals surface area contributed by atoms with Gasteiger partial charge in [-0.3, -0.25) is 4.68 Å². The van der Waals surface area contributed by atoms with E-state index in [0.717, 1.165) is 29.8 Å². The highest BCUT2D eigenvalue weighted by Crippen LogP contribution is 2.23. The predicted octanol–water partition coefficient (Wildman–Crippen LogP) is 3.11. The molecule has 0 aliphatic rings. The molecule has 0 saturated heterocycles. The predicted molar refractivity (Wildman–Crippen MR) is 101 cm³/mol. The number of rotatable bonds is 6. The number of hydrogen-bond donors (Lipinski definition) is 2. The maximum absolute atomic E-state index is 5.98. The summed E-state index contributed by atoms with van der Waals surface area (Å²) in [6.45, 7) is 8.64. The molecule has 0 amide bonds. The van der Waals surface area contributed by atoms with E-state index < -0.39 is 0 Å². The molecule has 1 aromatic carbocycles. The van der Waals surface area contributed by atoms with Gasteiger partial charge in [0, 0.05) is 36.8 Å². The second kappa shape index (κ2) is 8.20. The fraction of sp³-hybridized carbons (Fsp3) is 0.444. The van der Waals surface area contributed by atoms with Gasteiger partial charge in [-0.1, -0.05) is 37.6 Å². The molecule has 1 heterocycles. The fourth-order valence-corrected chi connectivity index (χ4v) is 2.49. The number of aromatic nitrogens is 2. The Morgan fingerprint density at radius 2 is 1.92 bits per heavy atom. The zero-order valence-electron chi connectivity index (χ0n) is 14.8. The van der Waals surface area contributed by atoms with Crippen molar-refractivity contribution in [1.29, 1.82) is 0 Å². The Balaban J connectivity index is 2.02. The van der Waals surface area contributed by atoms with Gasteiger partial charge in [0.2, 0.25) is 0 Å². The van der Waals surface area contributed by atoms with Gasteiger partial charge in [0.05, 0.1) is 12.2 Å². The van der Waals surface area contributed by atoms with Crippen LogP contribution in [0.15, 0.2) is 41.5 Å². The molecule has 0 radical (unpaired) electrons. The maximum atomic E-state index is 5.98. The Morgan fingerprint density at radius 3 is 2.50 bits per heavy atom. The molecule has 5 nitrogen and oxygen atoms in total. The van der Waals surface area contributed by atoms with E-state index in [9.17, 15) is 0 Å². The molecule has 0 aliphatic carbocycles. The molecule has 0 fully saturated rings. The molecular weight excluding hydrogens is 322 g/mol. The van der Waals surface area contributed by atoms with Crippen molar-refractivity contribution in [3.05, 3.63) is 52.8 Å². The number of aryl methyl sites for hydroxylation is 1. The first-order valence-corrected chi connectivity index (χ1v) is 8.55. The molecule has 0 unspecified atom stereocenters. The van der Waals surface area contributed by atoms with Gasteiger partial charge < -0.3 is 10.6 Å². The number of hydrogen-bond acceptors (Lipinski definition) is 2. The van der Waals surface area contributed by atoms with E-state index in [2.05, 4.69) is 53.6 Å². The molecule has 6 heteroatoms. The monoisotopic (exact) mass is 347 g/mol. The summed E-state index contributed by atoms with van der Waals surface area (Å²) in [6, 6.07) is 9.98. The van der Waals surface area contributed by atoms with Crippen LogP contribution >= 0.6 is 11.6 Å². The quantitative estimate of drug-likeness (QED) is 0.623. The SMILES string of the molecule is CCNC(=NCc1ccnn1C)NCC(C)(C)c1ccc(Cl)cc1. The normalized spacial score (nSPS) is 12.3. The summed E-state index contributed by atoms with van der Waals surface area (Å²) >= 11 is 5.98. The molecule has 130 valence electrons. The van der Waals surface area contributed by atoms with Crippen molar-refractivity contribution in [3.8, 4) is 0 Å². The number of nitrogens with zero attached hydrogens (tertiary/aromatic N) is 3. The van der Waals surface area contributed by atoms with Crippen LogP contribution in [0.2, 0.25) is 5.02 Å². The molecule has 0 saturated carbocycles. The standard InChI is InChI=1S/C18H26ClN5/c1-5-20-17(21-12-16-10-11-23-24(16)4)22-13-18(2,3)14-6-8-15(19)9-7-14/h6-11H,5,12-13H2,1-4H3,(H2,20,21,22). The maximum Gasteiger partial charge on any atom is 0.191 e. The van der Waals surface area contributed by atoms with Crippen molar-refractivity contribution in [2.24, 2.45) is 12.0 Å². The first-order chi connectivity index (χ1) is 11.4. The van der Waals surface area contributed by atoms with Gasteiger partial charge in [-0.15, -0.1) is 0 Å².